The number of benzene rings is 1. The summed E-state index contributed by atoms with van der Waals surface area (Å²) in [4.78, 5) is 14.1. The molecule has 0 atom stereocenters. The third kappa shape index (κ3) is 3.33. The smallest absolute Gasteiger partial charge is 0.273 e. The third-order valence-electron chi connectivity index (χ3n) is 4.21. The number of hydrogen-bond acceptors (Lipinski definition) is 7. The minimum atomic E-state index is -3.80. The van der Waals surface area contributed by atoms with Gasteiger partial charge >= 0.3 is 0 Å². The maximum Gasteiger partial charge on any atom is 0.273 e. The van der Waals surface area contributed by atoms with E-state index in [0.717, 1.165) is 12.1 Å². The molecule has 2 heterocycles. The molecule has 1 aliphatic heterocycles. The average Bonchev–Trinajstić information content (AvgIpc) is 3.15. The van der Waals surface area contributed by atoms with Crippen LogP contribution in [0.5, 0.6) is 5.75 Å². The molecule has 1 aromatic carbocycles. The molecule has 0 unspecified atom stereocenters. The molecule has 0 aliphatic carbocycles. The van der Waals surface area contributed by atoms with Crippen LogP contribution in [-0.4, -0.2) is 52.6 Å². The van der Waals surface area contributed by atoms with Crippen LogP contribution in [0.4, 0.5) is 5.69 Å². The fourth-order valence-corrected chi connectivity index (χ4v) is 4.48. The Bertz CT molecular complexity index is 860. The number of nitro groups is 1. The van der Waals surface area contributed by atoms with Crippen molar-refractivity contribution < 1.29 is 18.1 Å². The van der Waals surface area contributed by atoms with Crippen molar-refractivity contribution >= 4 is 15.7 Å². The van der Waals surface area contributed by atoms with Gasteiger partial charge in [0.2, 0.25) is 10.0 Å². The molecule has 0 spiro atoms. The van der Waals surface area contributed by atoms with E-state index in [2.05, 4.69) is 10.1 Å². The second kappa shape index (κ2) is 6.76. The van der Waals surface area contributed by atoms with Crippen LogP contribution in [0.3, 0.4) is 0 Å². The summed E-state index contributed by atoms with van der Waals surface area (Å²) in [6, 6.07) is 3.61. The summed E-state index contributed by atoms with van der Waals surface area (Å²) in [6.45, 7) is 0.653. The average molecular weight is 367 g/mol. The lowest BCUT2D eigenvalue weighted by molar-refractivity contribution is -0.385. The molecule has 1 aromatic heterocycles. The monoisotopic (exact) mass is 367 g/mol. The standard InChI is InChI=1S/C14H17N5O5S/c1-24-13-8-12(19(20)21)2-3-14(13)25(22,23)17-6-4-11(5-7-17)18-10-15-9-16-18/h2-3,8-11H,4-7H2,1H3. The van der Waals surface area contributed by atoms with Gasteiger partial charge in [0.25, 0.3) is 5.69 Å². The van der Waals surface area contributed by atoms with Crippen LogP contribution in [0.25, 0.3) is 0 Å². The molecule has 0 bridgehead atoms. The van der Waals surface area contributed by atoms with Crippen molar-refractivity contribution in [2.24, 2.45) is 0 Å². The molecule has 1 fully saturated rings. The van der Waals surface area contributed by atoms with E-state index in [1.807, 2.05) is 0 Å². The molecule has 2 aromatic rings. The van der Waals surface area contributed by atoms with E-state index in [4.69, 9.17) is 4.74 Å². The number of ether oxygens (including phenoxy) is 1. The molecule has 0 amide bonds. The number of nitro benzene ring substituents is 1. The molecule has 1 aliphatic rings. The lowest BCUT2D eigenvalue weighted by atomic mass is 10.1. The summed E-state index contributed by atoms with van der Waals surface area (Å²) >= 11 is 0. The zero-order chi connectivity index (χ0) is 18.0. The summed E-state index contributed by atoms with van der Waals surface area (Å²) in [5.74, 6) is -0.0346. The number of rotatable bonds is 5. The molecule has 11 heteroatoms. The van der Waals surface area contributed by atoms with E-state index in [0.29, 0.717) is 25.9 Å². The summed E-state index contributed by atoms with van der Waals surface area (Å²) in [7, 11) is -2.51. The molecule has 0 radical (unpaired) electrons. The van der Waals surface area contributed by atoms with Crippen LogP contribution < -0.4 is 4.74 Å². The molecular weight excluding hydrogens is 350 g/mol. The summed E-state index contributed by atoms with van der Waals surface area (Å²) in [5.41, 5.74) is -0.222. The number of methoxy groups -OCH3 is 1. The van der Waals surface area contributed by atoms with E-state index in [9.17, 15) is 18.5 Å². The van der Waals surface area contributed by atoms with Gasteiger partial charge in [-0.2, -0.15) is 9.40 Å². The first kappa shape index (κ1) is 17.3. The first-order valence-electron chi connectivity index (χ1n) is 7.60. The van der Waals surface area contributed by atoms with Gasteiger partial charge in [0.05, 0.1) is 24.1 Å². The Morgan fingerprint density at radius 3 is 2.60 bits per heavy atom. The van der Waals surface area contributed by atoms with E-state index < -0.39 is 14.9 Å². The van der Waals surface area contributed by atoms with E-state index in [-0.39, 0.29) is 22.4 Å². The second-order valence-electron chi connectivity index (χ2n) is 5.60. The van der Waals surface area contributed by atoms with Gasteiger partial charge < -0.3 is 4.74 Å². The number of aromatic nitrogens is 3. The van der Waals surface area contributed by atoms with Crippen LogP contribution >= 0.6 is 0 Å². The van der Waals surface area contributed by atoms with Gasteiger partial charge in [0, 0.05) is 19.2 Å². The SMILES string of the molecule is COc1cc([N+](=O)[O-])ccc1S(=O)(=O)N1CCC(n2cncn2)CC1. The van der Waals surface area contributed by atoms with Crippen molar-refractivity contribution in [1.82, 2.24) is 19.1 Å². The van der Waals surface area contributed by atoms with Gasteiger partial charge in [-0.05, 0) is 18.9 Å². The topological polar surface area (TPSA) is 120 Å². The molecule has 0 saturated carbocycles. The largest absolute Gasteiger partial charge is 0.495 e. The zero-order valence-corrected chi connectivity index (χ0v) is 14.3. The molecule has 10 nitrogen and oxygen atoms in total. The van der Waals surface area contributed by atoms with Crippen LogP contribution in [-0.2, 0) is 10.0 Å². The van der Waals surface area contributed by atoms with Crippen LogP contribution in [0.2, 0.25) is 0 Å². The Labute approximate surface area is 144 Å². The Balaban J connectivity index is 1.82. The van der Waals surface area contributed by atoms with Crippen LogP contribution in [0, 0.1) is 10.1 Å². The Morgan fingerprint density at radius 1 is 1.32 bits per heavy atom. The summed E-state index contributed by atoms with van der Waals surface area (Å²) in [6.07, 6.45) is 4.29. The van der Waals surface area contributed by atoms with Crippen molar-refractivity contribution in [3.63, 3.8) is 0 Å². The van der Waals surface area contributed by atoms with Gasteiger partial charge in [0.1, 0.15) is 23.3 Å². The van der Waals surface area contributed by atoms with Crippen molar-refractivity contribution in [2.75, 3.05) is 20.2 Å². The predicted molar refractivity (Wildman–Crippen MR) is 86.7 cm³/mol. The maximum absolute atomic E-state index is 12.9. The van der Waals surface area contributed by atoms with Crippen molar-refractivity contribution in [3.8, 4) is 5.75 Å². The quantitative estimate of drug-likeness (QED) is 0.575. The minimum absolute atomic E-state index is 0.0346. The van der Waals surface area contributed by atoms with Gasteiger partial charge in [-0.15, -0.1) is 0 Å². The summed E-state index contributed by atoms with van der Waals surface area (Å²) in [5, 5.41) is 14.9. The molecule has 1 saturated heterocycles. The first-order valence-corrected chi connectivity index (χ1v) is 9.04. The van der Waals surface area contributed by atoms with Gasteiger partial charge in [-0.25, -0.2) is 18.1 Å². The van der Waals surface area contributed by atoms with Gasteiger partial charge in [0.15, 0.2) is 0 Å². The maximum atomic E-state index is 12.9. The fourth-order valence-electron chi connectivity index (χ4n) is 2.88. The van der Waals surface area contributed by atoms with Crippen molar-refractivity contribution in [1.29, 1.82) is 0 Å². The molecule has 134 valence electrons. The molecule has 0 N–H and O–H groups in total. The third-order valence-corrected chi connectivity index (χ3v) is 6.15. The van der Waals surface area contributed by atoms with Gasteiger partial charge in [-0.3, -0.25) is 10.1 Å². The molecular formula is C14H17N5O5S. The Morgan fingerprint density at radius 2 is 2.04 bits per heavy atom. The second-order valence-corrected chi connectivity index (χ2v) is 7.51. The normalized spacial score (nSPS) is 16.7. The number of nitrogens with zero attached hydrogens (tertiary/aromatic N) is 5. The number of piperidine rings is 1. The lowest BCUT2D eigenvalue weighted by Crippen LogP contribution is -2.39. The fraction of sp³-hybridized carbons (Fsp3) is 0.429. The zero-order valence-electron chi connectivity index (χ0n) is 13.5. The predicted octanol–water partition coefficient (Wildman–Crippen LogP) is 1.22. The number of non-ortho nitro benzene ring substituents is 1. The Hall–Kier alpha value is -2.53. The molecule has 3 rings (SSSR count). The van der Waals surface area contributed by atoms with Crippen LogP contribution in [0.15, 0.2) is 35.7 Å². The highest BCUT2D eigenvalue weighted by Crippen LogP contribution is 2.33. The number of hydrogen-bond donors (Lipinski definition) is 0. The van der Waals surface area contributed by atoms with E-state index in [1.54, 1.807) is 11.0 Å². The minimum Gasteiger partial charge on any atom is -0.495 e. The number of sulfonamides is 1. The highest BCUT2D eigenvalue weighted by Gasteiger charge is 2.32. The van der Waals surface area contributed by atoms with Crippen molar-refractivity contribution in [2.45, 2.75) is 23.8 Å². The molecule has 25 heavy (non-hydrogen) atoms. The van der Waals surface area contributed by atoms with Gasteiger partial charge in [-0.1, -0.05) is 0 Å². The van der Waals surface area contributed by atoms with E-state index >= 15 is 0 Å². The first-order chi connectivity index (χ1) is 11.9. The van der Waals surface area contributed by atoms with Crippen LogP contribution in [0.1, 0.15) is 18.9 Å². The Kier molecular flexibility index (Phi) is 4.68. The highest BCUT2D eigenvalue weighted by molar-refractivity contribution is 7.89. The van der Waals surface area contributed by atoms with E-state index in [1.165, 1.54) is 23.8 Å². The van der Waals surface area contributed by atoms with Crippen molar-refractivity contribution in [3.05, 3.63) is 41.0 Å². The summed E-state index contributed by atoms with van der Waals surface area (Å²) < 4.78 is 33.9. The lowest BCUT2D eigenvalue weighted by Gasteiger charge is -2.31. The highest BCUT2D eigenvalue weighted by atomic mass is 32.2.